The van der Waals surface area contributed by atoms with Crippen molar-refractivity contribution in [3.8, 4) is 0 Å². The molecule has 0 aliphatic carbocycles. The predicted molar refractivity (Wildman–Crippen MR) is 256 cm³/mol. The second-order valence-electron chi connectivity index (χ2n) is 23.0. The second kappa shape index (κ2) is 35.0. The van der Waals surface area contributed by atoms with Crippen LogP contribution in [0.15, 0.2) is 0 Å². The average Bonchev–Trinajstić information content (AvgIpc) is 3.01. The van der Waals surface area contributed by atoms with Crippen LogP contribution in [0, 0.1) is 50.7 Å². The molecule has 58 heavy (non-hydrogen) atoms. The molecular weight excluding hydrogens is 723 g/mol. The van der Waals surface area contributed by atoms with Crippen molar-refractivity contribution < 1.29 is 28.6 Å². The SMILES string of the molecule is C.CC(C)C(=O)OCCCC(C)(C)C.CC(C)C(N)C(=O)OCCCC(C)(C)C.CC(C)CC(C)(C)C.CCCCC(C)(C)C.CCCCOC(=O)C(C)C(C)(C)C. The van der Waals surface area contributed by atoms with E-state index in [9.17, 15) is 14.4 Å². The Hall–Kier alpha value is -1.63. The van der Waals surface area contributed by atoms with Crippen molar-refractivity contribution in [1.29, 1.82) is 0 Å². The van der Waals surface area contributed by atoms with E-state index in [-0.39, 0.29) is 48.5 Å². The number of carbonyl (C=O) groups is 3. The molecule has 0 spiro atoms. The van der Waals surface area contributed by atoms with E-state index in [4.69, 9.17) is 19.9 Å². The van der Waals surface area contributed by atoms with Crippen LogP contribution in [0.4, 0.5) is 0 Å². The number of rotatable bonds is 16. The molecular formula is C51H109NO6. The molecule has 0 rings (SSSR count). The van der Waals surface area contributed by atoms with Crippen molar-refractivity contribution in [2.24, 2.45) is 56.5 Å². The third-order valence-corrected chi connectivity index (χ3v) is 8.79. The van der Waals surface area contributed by atoms with Gasteiger partial charge in [0.25, 0.3) is 0 Å². The Kier molecular flexibility index (Phi) is 41.1. The fourth-order valence-corrected chi connectivity index (χ4v) is 4.81. The minimum atomic E-state index is -0.486. The zero-order valence-corrected chi connectivity index (χ0v) is 43.1. The topological polar surface area (TPSA) is 105 Å². The molecule has 2 N–H and O–H groups in total. The first-order valence-corrected chi connectivity index (χ1v) is 22.7. The molecule has 0 saturated heterocycles. The molecule has 7 nitrogen and oxygen atoms in total. The highest BCUT2D eigenvalue weighted by Crippen LogP contribution is 2.26. The van der Waals surface area contributed by atoms with Gasteiger partial charge < -0.3 is 19.9 Å². The van der Waals surface area contributed by atoms with Gasteiger partial charge in [-0.25, -0.2) is 0 Å². The minimum Gasteiger partial charge on any atom is -0.465 e. The Morgan fingerprint density at radius 2 is 0.810 bits per heavy atom. The third-order valence-electron chi connectivity index (χ3n) is 8.79. The van der Waals surface area contributed by atoms with E-state index in [0.29, 0.717) is 41.5 Å². The molecule has 0 amide bonds. The van der Waals surface area contributed by atoms with Crippen LogP contribution in [-0.2, 0) is 28.6 Å². The third kappa shape index (κ3) is 58.7. The van der Waals surface area contributed by atoms with Gasteiger partial charge in [-0.2, -0.15) is 0 Å². The van der Waals surface area contributed by atoms with Crippen molar-refractivity contribution in [2.75, 3.05) is 19.8 Å². The molecule has 2 atom stereocenters. The molecule has 0 heterocycles. The number of hydrogen-bond donors (Lipinski definition) is 1. The lowest BCUT2D eigenvalue weighted by molar-refractivity contribution is -0.151. The first-order valence-electron chi connectivity index (χ1n) is 22.7. The summed E-state index contributed by atoms with van der Waals surface area (Å²) >= 11 is 0. The highest BCUT2D eigenvalue weighted by Gasteiger charge is 2.27. The van der Waals surface area contributed by atoms with Crippen LogP contribution in [0.25, 0.3) is 0 Å². The number of unbranched alkanes of at least 4 members (excludes halogenated alkanes) is 2. The zero-order valence-electron chi connectivity index (χ0n) is 43.1. The van der Waals surface area contributed by atoms with E-state index in [1.54, 1.807) is 0 Å². The summed E-state index contributed by atoms with van der Waals surface area (Å²) in [7, 11) is 0. The summed E-state index contributed by atoms with van der Waals surface area (Å²) in [6, 6.07) is -0.486. The van der Waals surface area contributed by atoms with E-state index in [1.807, 2.05) is 34.6 Å². The maximum atomic E-state index is 11.4. The largest absolute Gasteiger partial charge is 0.465 e. The quantitative estimate of drug-likeness (QED) is 0.0938. The van der Waals surface area contributed by atoms with Crippen LogP contribution >= 0.6 is 0 Å². The van der Waals surface area contributed by atoms with E-state index in [0.717, 1.165) is 44.4 Å². The summed E-state index contributed by atoms with van der Waals surface area (Å²) in [6.45, 7) is 52.9. The van der Waals surface area contributed by atoms with Gasteiger partial charge in [0.1, 0.15) is 6.04 Å². The Bertz CT molecular complexity index is 965. The number of nitrogens with two attached hydrogens (primary N) is 1. The van der Waals surface area contributed by atoms with E-state index >= 15 is 0 Å². The van der Waals surface area contributed by atoms with Gasteiger partial charge in [0.15, 0.2) is 0 Å². The summed E-state index contributed by atoms with van der Waals surface area (Å²) in [5.41, 5.74) is 7.37. The molecule has 354 valence electrons. The van der Waals surface area contributed by atoms with Crippen LogP contribution < -0.4 is 5.73 Å². The average molecular weight is 832 g/mol. The number of hydrogen-bond acceptors (Lipinski definition) is 7. The lowest BCUT2D eigenvalue weighted by Crippen LogP contribution is -2.37. The Balaban J connectivity index is -0.000000148. The maximum Gasteiger partial charge on any atom is 0.323 e. The number of carbonyl (C=O) groups excluding carboxylic acids is 3. The fraction of sp³-hybridized carbons (Fsp3) is 0.941. The van der Waals surface area contributed by atoms with Crippen molar-refractivity contribution in [1.82, 2.24) is 0 Å². The molecule has 0 aliphatic rings. The summed E-state index contributed by atoms with van der Waals surface area (Å²) in [5.74, 6) is 0.517. The molecule has 0 fully saturated rings. The lowest BCUT2D eigenvalue weighted by atomic mass is 9.82. The number of ether oxygens (including phenoxy) is 3. The Morgan fingerprint density at radius 1 is 0.483 bits per heavy atom. The molecule has 0 aromatic rings. The Labute approximate surface area is 365 Å². The first kappa shape index (κ1) is 68.1. The molecule has 7 heteroatoms. The van der Waals surface area contributed by atoms with Crippen molar-refractivity contribution >= 4 is 17.9 Å². The molecule has 0 radical (unpaired) electrons. The van der Waals surface area contributed by atoms with Crippen molar-refractivity contribution in [3.05, 3.63) is 0 Å². The normalized spacial score (nSPS) is 12.8. The van der Waals surface area contributed by atoms with Crippen molar-refractivity contribution in [2.45, 2.75) is 244 Å². The Morgan fingerprint density at radius 3 is 1.05 bits per heavy atom. The maximum absolute atomic E-state index is 11.4. The summed E-state index contributed by atoms with van der Waals surface area (Å²) in [5, 5.41) is 0. The van der Waals surface area contributed by atoms with Gasteiger partial charge in [-0.15, -0.1) is 0 Å². The van der Waals surface area contributed by atoms with Gasteiger partial charge in [0, 0.05) is 0 Å². The van der Waals surface area contributed by atoms with Gasteiger partial charge in [-0.3, -0.25) is 14.4 Å². The molecule has 0 saturated carbocycles. The van der Waals surface area contributed by atoms with Crippen LogP contribution in [-0.4, -0.2) is 43.8 Å². The molecule has 0 bridgehead atoms. The van der Waals surface area contributed by atoms with Crippen LogP contribution in [0.5, 0.6) is 0 Å². The van der Waals surface area contributed by atoms with E-state index in [1.165, 1.54) is 25.7 Å². The molecule has 0 aliphatic heterocycles. The first-order chi connectivity index (χ1) is 25.4. The lowest BCUT2D eigenvalue weighted by Gasteiger charge is -2.25. The summed E-state index contributed by atoms with van der Waals surface area (Å²) in [6.07, 6.45) is 11.4. The van der Waals surface area contributed by atoms with Crippen LogP contribution in [0.1, 0.15) is 238 Å². The van der Waals surface area contributed by atoms with Crippen molar-refractivity contribution in [3.63, 3.8) is 0 Å². The molecule has 0 aromatic heterocycles. The van der Waals surface area contributed by atoms with Gasteiger partial charge >= 0.3 is 17.9 Å². The zero-order chi connectivity index (χ0) is 46.4. The van der Waals surface area contributed by atoms with Gasteiger partial charge in [-0.05, 0) is 83.9 Å². The van der Waals surface area contributed by atoms with Crippen LogP contribution in [0.2, 0.25) is 0 Å². The highest BCUT2D eigenvalue weighted by atomic mass is 16.5. The van der Waals surface area contributed by atoms with Gasteiger partial charge in [-0.1, -0.05) is 193 Å². The summed E-state index contributed by atoms with van der Waals surface area (Å²) < 4.78 is 15.3. The number of esters is 3. The molecule has 2 unspecified atom stereocenters. The van der Waals surface area contributed by atoms with Gasteiger partial charge in [0.05, 0.1) is 31.7 Å². The monoisotopic (exact) mass is 832 g/mol. The van der Waals surface area contributed by atoms with Crippen LogP contribution in [0.3, 0.4) is 0 Å². The smallest absolute Gasteiger partial charge is 0.323 e. The standard InChI is InChI=1S/C12H25NO2.2C11H22O2.2C8H18.CH4/c1-9(2)10(13)11(14)15-8-6-7-12(3,4)5;1-9(2)10(12)13-8-6-7-11(3,4)5;1-6-7-8-13-10(12)9(2)11(3,4)5;1-7(2)6-8(3,4)5;1-5-6-7-8(2,3)4;/h9-10H,6-8,13H2,1-5H3;2*9H,6-8H2,1-5H3;7H,6H2,1-5H3;5-7H2,1-4H3;1H4. The van der Waals surface area contributed by atoms with E-state index in [2.05, 4.69) is 132 Å². The summed E-state index contributed by atoms with van der Waals surface area (Å²) in [4.78, 5) is 33.8. The highest BCUT2D eigenvalue weighted by molar-refractivity contribution is 5.75. The minimum absolute atomic E-state index is 0. The van der Waals surface area contributed by atoms with Gasteiger partial charge in [0.2, 0.25) is 0 Å². The second-order valence-corrected chi connectivity index (χ2v) is 23.0. The fourth-order valence-electron chi connectivity index (χ4n) is 4.81. The predicted octanol–water partition coefficient (Wildman–Crippen LogP) is 15.3. The molecule has 0 aromatic carbocycles. The van der Waals surface area contributed by atoms with E-state index < -0.39 is 6.04 Å².